The number of hydrogen-bond donors (Lipinski definition) is 2. The van der Waals surface area contributed by atoms with E-state index in [1.165, 1.54) is 6.07 Å². The van der Waals surface area contributed by atoms with Gasteiger partial charge in [0.1, 0.15) is 11.4 Å². The molecule has 0 saturated heterocycles. The summed E-state index contributed by atoms with van der Waals surface area (Å²) in [7, 11) is 0. The molecule has 1 aliphatic carbocycles. The Morgan fingerprint density at radius 1 is 1.22 bits per heavy atom. The van der Waals surface area contributed by atoms with Gasteiger partial charge in [-0.3, -0.25) is 0 Å². The topological polar surface area (TPSA) is 50.4 Å². The number of carbonyl (C=O) groups excluding carboxylic acids is 1. The van der Waals surface area contributed by atoms with Gasteiger partial charge in [-0.1, -0.05) is 15.9 Å². The van der Waals surface area contributed by atoms with Crippen molar-refractivity contribution in [2.24, 2.45) is 0 Å². The Morgan fingerprint density at radius 2 is 1.83 bits per heavy atom. The molecule has 1 saturated carbocycles. The smallest absolute Gasteiger partial charge is 0.407 e. The average molecular weight is 387 g/mol. The summed E-state index contributed by atoms with van der Waals surface area (Å²) in [5.74, 6) is -0.248. The second-order valence-electron chi connectivity index (χ2n) is 6.96. The lowest BCUT2D eigenvalue weighted by atomic mass is 9.91. The molecular formula is C17H24BrFN2O2. The fraction of sp³-hybridized carbons (Fsp3) is 0.588. The SMILES string of the molecule is CC(C)(C)OC(=O)NC1CCC(Nc2cc(Br)ccc2F)CC1. The summed E-state index contributed by atoms with van der Waals surface area (Å²) in [6.07, 6.45) is 3.10. The molecule has 0 unspecified atom stereocenters. The summed E-state index contributed by atoms with van der Waals surface area (Å²) in [4.78, 5) is 11.8. The highest BCUT2D eigenvalue weighted by Gasteiger charge is 2.25. The third kappa shape index (κ3) is 6.01. The molecule has 2 N–H and O–H groups in total. The van der Waals surface area contributed by atoms with Gasteiger partial charge >= 0.3 is 6.09 Å². The Kier molecular flexibility index (Phi) is 5.89. The summed E-state index contributed by atoms with van der Waals surface area (Å²) in [6.45, 7) is 5.54. The third-order valence-electron chi connectivity index (χ3n) is 3.74. The minimum atomic E-state index is -0.485. The van der Waals surface area contributed by atoms with E-state index in [-0.39, 0.29) is 24.0 Å². The summed E-state index contributed by atoms with van der Waals surface area (Å²) < 4.78 is 19.9. The standard InChI is InChI=1S/C17H24BrFN2O2/c1-17(2,3)23-16(22)21-13-7-5-12(6-8-13)20-15-10-11(18)4-9-14(15)19/h4,9-10,12-13,20H,5-8H2,1-3H3,(H,21,22). The Labute approximate surface area is 145 Å². The third-order valence-corrected chi connectivity index (χ3v) is 4.23. The number of carbonyl (C=O) groups is 1. The Balaban J connectivity index is 1.80. The van der Waals surface area contributed by atoms with E-state index < -0.39 is 5.60 Å². The van der Waals surface area contributed by atoms with Gasteiger partial charge in [0, 0.05) is 16.6 Å². The molecule has 6 heteroatoms. The fourth-order valence-electron chi connectivity index (χ4n) is 2.68. The number of halogens is 2. The number of anilines is 1. The van der Waals surface area contributed by atoms with Crippen molar-refractivity contribution in [2.45, 2.75) is 64.1 Å². The first-order valence-corrected chi connectivity index (χ1v) is 8.73. The molecule has 0 aliphatic heterocycles. The van der Waals surface area contributed by atoms with E-state index in [0.29, 0.717) is 5.69 Å². The van der Waals surface area contributed by atoms with Crippen molar-refractivity contribution < 1.29 is 13.9 Å². The van der Waals surface area contributed by atoms with Crippen molar-refractivity contribution in [3.05, 3.63) is 28.5 Å². The molecule has 0 spiro atoms. The summed E-state index contributed by atoms with van der Waals surface area (Å²) in [5.41, 5.74) is 0.0315. The molecular weight excluding hydrogens is 363 g/mol. The van der Waals surface area contributed by atoms with Crippen molar-refractivity contribution in [2.75, 3.05) is 5.32 Å². The van der Waals surface area contributed by atoms with Crippen molar-refractivity contribution in [1.82, 2.24) is 5.32 Å². The lowest BCUT2D eigenvalue weighted by molar-refractivity contribution is 0.0492. The normalized spacial score (nSPS) is 21.6. The van der Waals surface area contributed by atoms with Crippen LogP contribution in [0.4, 0.5) is 14.9 Å². The van der Waals surface area contributed by atoms with Crippen LogP contribution in [0.3, 0.4) is 0 Å². The average Bonchev–Trinajstić information content (AvgIpc) is 2.43. The number of nitrogens with one attached hydrogen (secondary N) is 2. The minimum absolute atomic E-state index is 0.121. The van der Waals surface area contributed by atoms with Gasteiger partial charge in [-0.25, -0.2) is 9.18 Å². The minimum Gasteiger partial charge on any atom is -0.444 e. The van der Waals surface area contributed by atoms with E-state index >= 15 is 0 Å². The zero-order valence-corrected chi connectivity index (χ0v) is 15.4. The second-order valence-corrected chi connectivity index (χ2v) is 7.88. The quantitative estimate of drug-likeness (QED) is 0.781. The van der Waals surface area contributed by atoms with Crippen LogP contribution >= 0.6 is 15.9 Å². The maximum atomic E-state index is 13.8. The van der Waals surface area contributed by atoms with Gasteiger partial charge in [0.15, 0.2) is 0 Å². The van der Waals surface area contributed by atoms with Gasteiger partial charge in [-0.2, -0.15) is 0 Å². The van der Waals surface area contributed by atoms with Crippen molar-refractivity contribution in [3.63, 3.8) is 0 Å². The van der Waals surface area contributed by atoms with E-state index in [9.17, 15) is 9.18 Å². The lowest BCUT2D eigenvalue weighted by Gasteiger charge is -2.31. The van der Waals surface area contributed by atoms with E-state index in [1.807, 2.05) is 20.8 Å². The van der Waals surface area contributed by atoms with Gasteiger partial charge < -0.3 is 15.4 Å². The van der Waals surface area contributed by atoms with Crippen LogP contribution < -0.4 is 10.6 Å². The van der Waals surface area contributed by atoms with Crippen LogP contribution in [0.2, 0.25) is 0 Å². The predicted molar refractivity (Wildman–Crippen MR) is 93.1 cm³/mol. The molecule has 4 nitrogen and oxygen atoms in total. The van der Waals surface area contributed by atoms with Crippen LogP contribution in [-0.2, 0) is 4.74 Å². The van der Waals surface area contributed by atoms with E-state index in [1.54, 1.807) is 12.1 Å². The molecule has 1 fully saturated rings. The van der Waals surface area contributed by atoms with Crippen LogP contribution in [0, 0.1) is 5.82 Å². The number of benzene rings is 1. The number of rotatable bonds is 3. The monoisotopic (exact) mass is 386 g/mol. The molecule has 0 atom stereocenters. The Morgan fingerprint density at radius 3 is 2.43 bits per heavy atom. The lowest BCUT2D eigenvalue weighted by Crippen LogP contribution is -2.42. The van der Waals surface area contributed by atoms with Gasteiger partial charge in [-0.05, 0) is 64.7 Å². The first-order valence-electron chi connectivity index (χ1n) is 7.94. The Bertz CT molecular complexity index is 552. The van der Waals surface area contributed by atoms with Crippen molar-refractivity contribution in [3.8, 4) is 0 Å². The molecule has 2 rings (SSSR count). The summed E-state index contributed by atoms with van der Waals surface area (Å²) >= 11 is 3.35. The van der Waals surface area contributed by atoms with Gasteiger partial charge in [-0.15, -0.1) is 0 Å². The zero-order valence-electron chi connectivity index (χ0n) is 13.8. The molecule has 23 heavy (non-hydrogen) atoms. The number of ether oxygens (including phenoxy) is 1. The first-order chi connectivity index (χ1) is 10.7. The van der Waals surface area contributed by atoms with Gasteiger partial charge in [0.25, 0.3) is 0 Å². The number of hydrogen-bond acceptors (Lipinski definition) is 3. The molecule has 1 aromatic rings. The first kappa shape index (κ1) is 18.0. The molecule has 1 aromatic carbocycles. The largest absolute Gasteiger partial charge is 0.444 e. The molecule has 1 amide bonds. The summed E-state index contributed by atoms with van der Waals surface area (Å²) in [5, 5.41) is 6.16. The zero-order chi connectivity index (χ0) is 17.0. The Hall–Kier alpha value is -1.30. The van der Waals surface area contributed by atoms with E-state index in [2.05, 4.69) is 26.6 Å². The highest BCUT2D eigenvalue weighted by molar-refractivity contribution is 9.10. The number of alkyl carbamates (subject to hydrolysis) is 1. The summed E-state index contributed by atoms with van der Waals surface area (Å²) in [6, 6.07) is 5.22. The number of amides is 1. The molecule has 128 valence electrons. The highest BCUT2D eigenvalue weighted by atomic mass is 79.9. The molecule has 0 aromatic heterocycles. The van der Waals surface area contributed by atoms with Crippen LogP contribution in [0.5, 0.6) is 0 Å². The van der Waals surface area contributed by atoms with Crippen molar-refractivity contribution >= 4 is 27.7 Å². The van der Waals surface area contributed by atoms with Crippen LogP contribution in [0.15, 0.2) is 22.7 Å². The van der Waals surface area contributed by atoms with E-state index in [4.69, 9.17) is 4.74 Å². The molecule has 1 aliphatic rings. The van der Waals surface area contributed by atoms with Crippen LogP contribution in [0.1, 0.15) is 46.5 Å². The van der Waals surface area contributed by atoms with Gasteiger partial charge in [0.05, 0.1) is 5.69 Å². The molecule has 0 heterocycles. The second kappa shape index (κ2) is 7.51. The van der Waals surface area contributed by atoms with Gasteiger partial charge in [0.2, 0.25) is 0 Å². The maximum absolute atomic E-state index is 13.8. The molecule has 0 bridgehead atoms. The van der Waals surface area contributed by atoms with Crippen LogP contribution in [0.25, 0.3) is 0 Å². The van der Waals surface area contributed by atoms with E-state index in [0.717, 1.165) is 30.2 Å². The maximum Gasteiger partial charge on any atom is 0.407 e. The predicted octanol–water partition coefficient (Wildman–Crippen LogP) is 4.84. The van der Waals surface area contributed by atoms with Crippen LogP contribution in [-0.4, -0.2) is 23.8 Å². The highest BCUT2D eigenvalue weighted by Crippen LogP contribution is 2.26. The van der Waals surface area contributed by atoms with Crippen molar-refractivity contribution in [1.29, 1.82) is 0 Å². The molecule has 0 radical (unpaired) electrons. The fourth-order valence-corrected chi connectivity index (χ4v) is 3.05.